The Morgan fingerprint density at radius 3 is 1.58 bits per heavy atom. The number of amidine groups is 1. The van der Waals surface area contributed by atoms with Crippen molar-refractivity contribution >= 4 is 97.6 Å². The van der Waals surface area contributed by atoms with Gasteiger partial charge in [0.2, 0.25) is 17.0 Å². The highest BCUT2D eigenvalue weighted by Gasteiger charge is 2.62. The van der Waals surface area contributed by atoms with E-state index in [9.17, 15) is 25.4 Å². The number of esters is 2. The first kappa shape index (κ1) is 30.9. The molecule has 2 N–H and O–H groups in total. The van der Waals surface area contributed by atoms with Crippen LogP contribution < -0.4 is 5.73 Å². The summed E-state index contributed by atoms with van der Waals surface area (Å²) in [6.07, 6.45) is 0. The molecule has 7 rings (SSSR count). The molecule has 6 aromatic rings. The van der Waals surface area contributed by atoms with Gasteiger partial charge < -0.3 is 15.2 Å². The number of hydrogen-bond acceptors (Lipinski definition) is 13. The molecule has 0 amide bonds. The Morgan fingerprint density at radius 1 is 0.688 bits per heavy atom. The smallest absolute Gasteiger partial charge is 0.333 e. The number of ether oxygens (including phenoxy) is 2. The monoisotopic (exact) mass is 702 g/mol. The zero-order valence-electron chi connectivity index (χ0n) is 24.4. The lowest BCUT2D eigenvalue weighted by atomic mass is 9.79. The number of rotatable bonds is 8. The van der Waals surface area contributed by atoms with Gasteiger partial charge in [-0.15, -0.1) is 45.3 Å². The number of nitrogens with zero attached hydrogens (tertiary/aromatic N) is 5. The number of fused-ring (bicyclic) bond motifs is 7. The van der Waals surface area contributed by atoms with Gasteiger partial charge in [-0.25, -0.2) is 9.98 Å². The number of carbonyl (C=O) groups excluding carboxylic acids is 2. The van der Waals surface area contributed by atoms with Crippen LogP contribution in [-0.2, 0) is 37.7 Å². The lowest BCUT2D eigenvalue weighted by Crippen LogP contribution is -2.45. The molecule has 2 aromatic carbocycles. The van der Waals surface area contributed by atoms with Crippen LogP contribution in [0.2, 0.25) is 0 Å². The lowest BCUT2D eigenvalue weighted by Gasteiger charge is -2.27. The summed E-state index contributed by atoms with van der Waals surface area (Å²) in [6, 6.07) is 27.2. The number of hydrogen-bond donors (Lipinski definition) is 1. The van der Waals surface area contributed by atoms with Gasteiger partial charge in [0, 0.05) is 20.5 Å². The molecule has 10 nitrogen and oxygen atoms in total. The topological polar surface area (TPSA) is 175 Å². The molecule has 0 atom stereocenters. The molecule has 0 spiro atoms. The fraction of sp³-hybridized carbons (Fsp3) is 0.0882. The fourth-order valence-corrected chi connectivity index (χ4v) is 10.9. The van der Waals surface area contributed by atoms with E-state index in [1.54, 1.807) is 24.3 Å². The van der Waals surface area contributed by atoms with Crippen molar-refractivity contribution in [2.75, 3.05) is 0 Å². The maximum atomic E-state index is 14.8. The van der Waals surface area contributed by atoms with Gasteiger partial charge in [-0.3, -0.25) is 9.59 Å². The van der Waals surface area contributed by atoms with Crippen molar-refractivity contribution in [1.82, 2.24) is 0 Å². The molecule has 0 saturated carbocycles. The van der Waals surface area contributed by atoms with Crippen molar-refractivity contribution < 1.29 is 19.1 Å². The molecule has 0 aliphatic heterocycles. The van der Waals surface area contributed by atoms with Gasteiger partial charge in [-0.05, 0) is 23.3 Å². The molecule has 0 fully saturated rings. The van der Waals surface area contributed by atoms with Gasteiger partial charge in [-0.2, -0.15) is 15.8 Å². The third kappa shape index (κ3) is 5.12. The Labute approximate surface area is 288 Å². The molecule has 14 heteroatoms. The summed E-state index contributed by atoms with van der Waals surface area (Å²) in [6.45, 7) is -0.185. The van der Waals surface area contributed by atoms with Crippen LogP contribution in [0.3, 0.4) is 0 Å². The van der Waals surface area contributed by atoms with Crippen LogP contribution in [0, 0.1) is 34.0 Å². The Hall–Kier alpha value is -5.69. The van der Waals surface area contributed by atoms with Gasteiger partial charge in [-0.1, -0.05) is 60.7 Å². The van der Waals surface area contributed by atoms with Crippen LogP contribution in [0.15, 0.2) is 82.8 Å². The molecule has 0 bridgehead atoms. The van der Waals surface area contributed by atoms with Crippen LogP contribution in [0.25, 0.3) is 28.6 Å². The zero-order chi connectivity index (χ0) is 33.4. The molecule has 48 heavy (non-hydrogen) atoms. The number of benzene rings is 2. The predicted octanol–water partition coefficient (Wildman–Crippen LogP) is 7.62. The number of nitrogens with two attached hydrogens (primary N) is 1. The molecular weight excluding hydrogens is 685 g/mol. The van der Waals surface area contributed by atoms with E-state index in [0.29, 0.717) is 35.4 Å². The van der Waals surface area contributed by atoms with E-state index < -0.39 is 17.4 Å². The maximum absolute atomic E-state index is 14.8. The van der Waals surface area contributed by atoms with Crippen LogP contribution in [0.5, 0.6) is 0 Å². The summed E-state index contributed by atoms with van der Waals surface area (Å²) in [4.78, 5) is 39.4. The Bertz CT molecular complexity index is 2380. The summed E-state index contributed by atoms with van der Waals surface area (Å²) in [5.41, 5.74) is 5.67. The molecular formula is C34H18N6O4S4. The maximum Gasteiger partial charge on any atom is 0.333 e. The second-order valence-corrected chi connectivity index (χ2v) is 14.5. The first-order chi connectivity index (χ1) is 23.4. The fourth-order valence-electron chi connectivity index (χ4n) is 5.47. The molecule has 4 aromatic heterocycles. The van der Waals surface area contributed by atoms with E-state index >= 15 is 0 Å². The second kappa shape index (κ2) is 12.5. The van der Waals surface area contributed by atoms with Gasteiger partial charge in [0.05, 0.1) is 19.2 Å². The highest BCUT2D eigenvalue weighted by atomic mass is 32.1. The summed E-state index contributed by atoms with van der Waals surface area (Å²) >= 11 is 5.15. The second-order valence-electron chi connectivity index (χ2n) is 10.3. The number of carbonyl (C=O) groups is 2. The standard InChI is InChI=1S/C34H18N6O4S4/c35-13-20(14-36)39-24-11-21-28(47-24)26-30(45-21)31-27(29-22(46-31)12-25(48-29)40-23(38)15-37)34(26,32(41)43-16-18-7-3-1-4-8-18)33(42)44-17-19-9-5-2-6-10-19/h1-12H,16-17H2,(H2,38,40). The predicted molar refractivity (Wildman–Crippen MR) is 187 cm³/mol. The van der Waals surface area contributed by atoms with Crippen molar-refractivity contribution in [2.24, 2.45) is 15.7 Å². The zero-order valence-corrected chi connectivity index (χ0v) is 27.7. The van der Waals surface area contributed by atoms with Gasteiger partial charge in [0.25, 0.3) is 0 Å². The summed E-state index contributed by atoms with van der Waals surface area (Å²) in [5, 5.41) is 28.7. The molecule has 0 radical (unpaired) electrons. The molecule has 232 valence electrons. The van der Waals surface area contributed by atoms with E-state index in [2.05, 4.69) is 9.98 Å². The largest absolute Gasteiger partial charge is 0.459 e. The first-order valence-corrected chi connectivity index (χ1v) is 17.3. The lowest BCUT2D eigenvalue weighted by molar-refractivity contribution is -0.164. The van der Waals surface area contributed by atoms with Crippen molar-refractivity contribution in [1.29, 1.82) is 15.8 Å². The minimum Gasteiger partial charge on any atom is -0.459 e. The normalized spacial score (nSPS) is 12.8. The molecule has 4 heterocycles. The Kier molecular flexibility index (Phi) is 8.05. The first-order valence-electron chi connectivity index (χ1n) is 14.1. The average Bonchev–Trinajstić information content (AvgIpc) is 3.90. The molecule has 0 saturated heterocycles. The Morgan fingerprint density at radius 2 is 1.15 bits per heavy atom. The quantitative estimate of drug-likeness (QED) is 0.0729. The summed E-state index contributed by atoms with van der Waals surface area (Å²) < 4.78 is 14.7. The molecule has 1 aliphatic rings. The average molecular weight is 703 g/mol. The van der Waals surface area contributed by atoms with Gasteiger partial charge in [0.15, 0.2) is 0 Å². The molecule has 1 aliphatic carbocycles. The number of nitriles is 3. The highest BCUT2D eigenvalue weighted by Crippen LogP contribution is 2.64. The van der Waals surface area contributed by atoms with Crippen LogP contribution >= 0.6 is 45.3 Å². The highest BCUT2D eigenvalue weighted by molar-refractivity contribution is 7.36. The SMILES string of the molecule is N#CC(C#N)=Nc1cc2sc3c(c2s1)C(C(=O)OCc1ccccc1)(C(=O)OCc1ccccc1)c1c-3sc2cc(/N=C(\N)C#N)sc12. The molecule has 0 unspecified atom stereocenters. The number of thiophene rings is 4. The van der Waals surface area contributed by atoms with Gasteiger partial charge >= 0.3 is 11.9 Å². The van der Waals surface area contributed by atoms with Crippen LogP contribution in [-0.4, -0.2) is 23.5 Å². The van der Waals surface area contributed by atoms with Gasteiger partial charge in [0.1, 0.15) is 41.4 Å². The summed E-state index contributed by atoms with van der Waals surface area (Å²) in [7, 11) is 0. The van der Waals surface area contributed by atoms with Crippen molar-refractivity contribution in [3.05, 3.63) is 95.1 Å². The van der Waals surface area contributed by atoms with E-state index in [-0.39, 0.29) is 24.8 Å². The summed E-state index contributed by atoms with van der Waals surface area (Å²) in [5.74, 6) is -1.85. The number of aliphatic imine (C=N–C) groups is 2. The van der Waals surface area contributed by atoms with Crippen LogP contribution in [0.4, 0.5) is 10.0 Å². The van der Waals surface area contributed by atoms with E-state index in [1.165, 1.54) is 45.3 Å². The van der Waals surface area contributed by atoms with E-state index in [1.807, 2.05) is 66.7 Å². The third-order valence-corrected chi connectivity index (χ3v) is 12.3. The van der Waals surface area contributed by atoms with Crippen molar-refractivity contribution in [2.45, 2.75) is 18.6 Å². The van der Waals surface area contributed by atoms with Crippen molar-refractivity contribution in [3.63, 3.8) is 0 Å². The van der Waals surface area contributed by atoms with Crippen LogP contribution in [0.1, 0.15) is 22.3 Å². The van der Waals surface area contributed by atoms with E-state index in [4.69, 9.17) is 15.2 Å². The van der Waals surface area contributed by atoms with Crippen molar-refractivity contribution in [3.8, 4) is 28.0 Å². The minimum absolute atomic E-state index is 0.0923. The Balaban J connectivity index is 1.47. The minimum atomic E-state index is -2.05. The van der Waals surface area contributed by atoms with E-state index in [0.717, 1.165) is 25.4 Å². The third-order valence-electron chi connectivity index (χ3n) is 7.48.